The molecule has 1 atom stereocenters. The summed E-state index contributed by atoms with van der Waals surface area (Å²) in [5.74, 6) is -0.121. The summed E-state index contributed by atoms with van der Waals surface area (Å²) in [7, 11) is 0. The topological polar surface area (TPSA) is 41.6 Å². The van der Waals surface area contributed by atoms with E-state index in [1.807, 2.05) is 0 Å². The third kappa shape index (κ3) is 5.55. The van der Waals surface area contributed by atoms with Crippen molar-refractivity contribution in [1.29, 1.82) is 0 Å². The second-order valence-corrected chi connectivity index (χ2v) is 7.12. The van der Waals surface area contributed by atoms with E-state index >= 15 is 0 Å². The van der Waals surface area contributed by atoms with Crippen LogP contribution in [0.1, 0.15) is 30.6 Å². The van der Waals surface area contributed by atoms with Crippen LogP contribution < -0.4 is 5.32 Å². The Labute approximate surface area is 145 Å². The monoisotopic (exact) mass is 386 g/mol. The van der Waals surface area contributed by atoms with Crippen LogP contribution in [-0.4, -0.2) is 49.7 Å². The standard InChI is InChI=1S/C17H24BrFN2O2/c1-12(2)9-14(21-5-7-23-8-6-21)11-20-17(22)15-10-13(19)3-4-16(15)18/h3-4,10,12,14H,5-9,11H2,1-2H3,(H,20,22)/t14-/m1/s1. The Morgan fingerprint density at radius 1 is 1.39 bits per heavy atom. The quantitative estimate of drug-likeness (QED) is 0.816. The molecule has 0 aliphatic carbocycles. The number of benzene rings is 1. The van der Waals surface area contributed by atoms with E-state index in [4.69, 9.17) is 4.74 Å². The molecule has 6 heteroatoms. The summed E-state index contributed by atoms with van der Waals surface area (Å²) in [6.45, 7) is 8.15. The van der Waals surface area contributed by atoms with Crippen molar-refractivity contribution in [1.82, 2.24) is 10.2 Å². The van der Waals surface area contributed by atoms with E-state index in [-0.39, 0.29) is 11.9 Å². The fraction of sp³-hybridized carbons (Fsp3) is 0.588. The number of halogens is 2. The van der Waals surface area contributed by atoms with Gasteiger partial charge in [-0.05, 0) is 46.5 Å². The zero-order chi connectivity index (χ0) is 16.8. The minimum absolute atomic E-state index is 0.251. The zero-order valence-corrected chi connectivity index (χ0v) is 15.2. The Kier molecular flexibility index (Phi) is 6.99. The first-order valence-corrected chi connectivity index (χ1v) is 8.81. The number of ether oxygens (including phenoxy) is 1. The second-order valence-electron chi connectivity index (χ2n) is 6.27. The summed E-state index contributed by atoms with van der Waals surface area (Å²) in [6.07, 6.45) is 1.00. The molecular formula is C17H24BrFN2O2. The van der Waals surface area contributed by atoms with Crippen molar-refractivity contribution in [2.24, 2.45) is 5.92 Å². The Hall–Kier alpha value is -0.980. The van der Waals surface area contributed by atoms with E-state index in [1.54, 1.807) is 6.07 Å². The molecular weight excluding hydrogens is 363 g/mol. The van der Waals surface area contributed by atoms with Crippen LogP contribution in [0.5, 0.6) is 0 Å². The highest BCUT2D eigenvalue weighted by Gasteiger charge is 2.23. The van der Waals surface area contributed by atoms with Gasteiger partial charge in [0.1, 0.15) is 5.82 Å². The van der Waals surface area contributed by atoms with Gasteiger partial charge in [0.25, 0.3) is 5.91 Å². The molecule has 0 unspecified atom stereocenters. The number of nitrogens with one attached hydrogen (secondary N) is 1. The summed E-state index contributed by atoms with van der Waals surface area (Å²) in [5.41, 5.74) is 0.329. The molecule has 128 valence electrons. The van der Waals surface area contributed by atoms with Gasteiger partial charge in [-0.15, -0.1) is 0 Å². The molecule has 0 spiro atoms. The molecule has 0 bridgehead atoms. The number of carbonyl (C=O) groups excluding carboxylic acids is 1. The van der Waals surface area contributed by atoms with Gasteiger partial charge in [-0.2, -0.15) is 0 Å². The van der Waals surface area contributed by atoms with Gasteiger partial charge in [0, 0.05) is 30.1 Å². The Morgan fingerprint density at radius 3 is 2.74 bits per heavy atom. The zero-order valence-electron chi connectivity index (χ0n) is 13.6. The van der Waals surface area contributed by atoms with Crippen molar-refractivity contribution in [2.75, 3.05) is 32.8 Å². The van der Waals surface area contributed by atoms with Crippen molar-refractivity contribution in [3.05, 3.63) is 34.1 Å². The van der Waals surface area contributed by atoms with Gasteiger partial charge in [0.05, 0.1) is 18.8 Å². The number of morpholine rings is 1. The molecule has 0 aromatic heterocycles. The van der Waals surface area contributed by atoms with Crippen LogP contribution in [0.4, 0.5) is 4.39 Å². The molecule has 0 saturated carbocycles. The fourth-order valence-electron chi connectivity index (χ4n) is 2.83. The third-order valence-corrected chi connectivity index (χ3v) is 4.67. The average Bonchev–Trinajstić information content (AvgIpc) is 2.54. The van der Waals surface area contributed by atoms with Gasteiger partial charge in [-0.1, -0.05) is 13.8 Å². The Bertz CT molecular complexity index is 533. The Balaban J connectivity index is 1.99. The fourth-order valence-corrected chi connectivity index (χ4v) is 3.25. The van der Waals surface area contributed by atoms with Crippen LogP contribution in [0.2, 0.25) is 0 Å². The van der Waals surface area contributed by atoms with E-state index in [0.29, 0.717) is 22.5 Å². The van der Waals surface area contributed by atoms with E-state index in [1.165, 1.54) is 12.1 Å². The number of carbonyl (C=O) groups is 1. The average molecular weight is 387 g/mol. The molecule has 1 fully saturated rings. The number of hydrogen-bond acceptors (Lipinski definition) is 3. The van der Waals surface area contributed by atoms with E-state index < -0.39 is 5.82 Å². The third-order valence-electron chi connectivity index (χ3n) is 3.98. The lowest BCUT2D eigenvalue weighted by Gasteiger charge is -2.35. The van der Waals surface area contributed by atoms with Crippen molar-refractivity contribution in [2.45, 2.75) is 26.3 Å². The molecule has 0 radical (unpaired) electrons. The van der Waals surface area contributed by atoms with E-state index in [2.05, 4.69) is 40.0 Å². The van der Waals surface area contributed by atoms with Gasteiger partial charge in [-0.25, -0.2) is 4.39 Å². The number of amides is 1. The van der Waals surface area contributed by atoms with E-state index in [9.17, 15) is 9.18 Å². The number of hydrogen-bond donors (Lipinski definition) is 1. The first kappa shape index (κ1) is 18.4. The summed E-state index contributed by atoms with van der Waals surface area (Å²) >= 11 is 3.30. The SMILES string of the molecule is CC(C)C[C@H](CNC(=O)c1cc(F)ccc1Br)N1CCOCC1. The lowest BCUT2D eigenvalue weighted by Crippen LogP contribution is -2.49. The lowest BCUT2D eigenvalue weighted by atomic mass is 10.0. The molecule has 1 aliphatic heterocycles. The molecule has 4 nitrogen and oxygen atoms in total. The maximum absolute atomic E-state index is 13.3. The maximum atomic E-state index is 13.3. The minimum Gasteiger partial charge on any atom is -0.379 e. The van der Waals surface area contributed by atoms with Crippen LogP contribution in [0.15, 0.2) is 22.7 Å². The molecule has 1 aromatic carbocycles. The van der Waals surface area contributed by atoms with Crippen molar-refractivity contribution in [3.8, 4) is 0 Å². The molecule has 1 saturated heterocycles. The predicted octanol–water partition coefficient (Wildman–Crippen LogP) is 3.06. The summed E-state index contributed by atoms with van der Waals surface area (Å²) < 4.78 is 19.3. The van der Waals surface area contributed by atoms with Gasteiger partial charge in [0.15, 0.2) is 0 Å². The van der Waals surface area contributed by atoms with Crippen LogP contribution in [-0.2, 0) is 4.74 Å². The van der Waals surface area contributed by atoms with Crippen molar-refractivity contribution >= 4 is 21.8 Å². The van der Waals surface area contributed by atoms with Crippen LogP contribution in [0.25, 0.3) is 0 Å². The van der Waals surface area contributed by atoms with Crippen LogP contribution in [0.3, 0.4) is 0 Å². The second kappa shape index (κ2) is 8.76. The molecule has 23 heavy (non-hydrogen) atoms. The number of rotatable bonds is 6. The molecule has 1 aromatic rings. The smallest absolute Gasteiger partial charge is 0.252 e. The largest absolute Gasteiger partial charge is 0.379 e. The lowest BCUT2D eigenvalue weighted by molar-refractivity contribution is 0.0124. The summed E-state index contributed by atoms with van der Waals surface area (Å²) in [4.78, 5) is 14.7. The molecule has 2 rings (SSSR count). The summed E-state index contributed by atoms with van der Waals surface area (Å²) in [5, 5.41) is 2.95. The molecule has 1 heterocycles. The van der Waals surface area contributed by atoms with Crippen molar-refractivity contribution in [3.63, 3.8) is 0 Å². The van der Waals surface area contributed by atoms with E-state index in [0.717, 1.165) is 32.7 Å². The maximum Gasteiger partial charge on any atom is 0.252 e. The Morgan fingerprint density at radius 2 is 2.09 bits per heavy atom. The highest BCUT2D eigenvalue weighted by molar-refractivity contribution is 9.10. The van der Waals surface area contributed by atoms with Crippen LogP contribution >= 0.6 is 15.9 Å². The minimum atomic E-state index is -0.412. The predicted molar refractivity (Wildman–Crippen MR) is 92.1 cm³/mol. The van der Waals surface area contributed by atoms with Gasteiger partial charge >= 0.3 is 0 Å². The first-order valence-electron chi connectivity index (χ1n) is 8.02. The van der Waals surface area contributed by atoms with Crippen molar-refractivity contribution < 1.29 is 13.9 Å². The first-order chi connectivity index (χ1) is 11.0. The highest BCUT2D eigenvalue weighted by atomic mass is 79.9. The van der Waals surface area contributed by atoms with Gasteiger partial charge in [-0.3, -0.25) is 9.69 Å². The van der Waals surface area contributed by atoms with Gasteiger partial charge < -0.3 is 10.1 Å². The number of nitrogens with zero attached hydrogens (tertiary/aromatic N) is 1. The normalized spacial score (nSPS) is 17.3. The summed E-state index contributed by atoms with van der Waals surface area (Å²) in [6, 6.07) is 4.41. The molecule has 1 amide bonds. The molecule has 1 N–H and O–H groups in total. The highest BCUT2D eigenvalue weighted by Crippen LogP contribution is 2.18. The van der Waals surface area contributed by atoms with Gasteiger partial charge in [0.2, 0.25) is 0 Å². The molecule has 1 aliphatic rings. The van der Waals surface area contributed by atoms with Crippen LogP contribution in [0, 0.1) is 11.7 Å².